The molecule has 0 amide bonds. The summed E-state index contributed by atoms with van der Waals surface area (Å²) in [7, 11) is 1.30. The lowest BCUT2D eigenvalue weighted by atomic mass is 9.97. The maximum Gasteiger partial charge on any atom is 0.188 e. The van der Waals surface area contributed by atoms with Gasteiger partial charge in [-0.1, -0.05) is 30.3 Å². The summed E-state index contributed by atoms with van der Waals surface area (Å²) < 4.78 is 22.3. The van der Waals surface area contributed by atoms with E-state index in [1.807, 2.05) is 18.2 Å². The summed E-state index contributed by atoms with van der Waals surface area (Å²) in [6.07, 6.45) is -6.07. The Hall–Kier alpha value is -1.26. The molecular formula is C14H20N2O10. The van der Waals surface area contributed by atoms with Gasteiger partial charge in [0, 0.05) is 12.7 Å². The summed E-state index contributed by atoms with van der Waals surface area (Å²) in [5, 5.41) is 35.1. The van der Waals surface area contributed by atoms with Crippen LogP contribution in [0.1, 0.15) is 11.9 Å². The monoisotopic (exact) mass is 376 g/mol. The van der Waals surface area contributed by atoms with E-state index in [1.54, 1.807) is 12.1 Å². The van der Waals surface area contributed by atoms with Gasteiger partial charge in [-0.15, -0.1) is 0 Å². The van der Waals surface area contributed by atoms with Crippen molar-refractivity contribution in [3.8, 4) is 0 Å². The molecule has 146 valence electrons. The first-order chi connectivity index (χ1) is 12.5. The van der Waals surface area contributed by atoms with Crippen LogP contribution in [0.4, 0.5) is 0 Å². The van der Waals surface area contributed by atoms with E-state index in [-0.39, 0.29) is 6.61 Å². The Morgan fingerprint density at radius 1 is 0.962 bits per heavy atom. The lowest BCUT2D eigenvalue weighted by Crippen LogP contribution is -2.65. The van der Waals surface area contributed by atoms with Crippen LogP contribution < -0.4 is 0 Å². The number of benzene rings is 1. The lowest BCUT2D eigenvalue weighted by molar-refractivity contribution is -0.562. The first-order valence-corrected chi connectivity index (χ1v) is 7.69. The zero-order valence-corrected chi connectivity index (χ0v) is 13.7. The van der Waals surface area contributed by atoms with Gasteiger partial charge < -0.3 is 18.9 Å². The Morgan fingerprint density at radius 3 is 2.23 bits per heavy atom. The molecular weight excluding hydrogens is 356 g/mol. The van der Waals surface area contributed by atoms with Gasteiger partial charge in [-0.05, 0) is 0 Å². The number of methoxy groups -OCH3 is 1. The van der Waals surface area contributed by atoms with Crippen LogP contribution in [0.2, 0.25) is 0 Å². The Bertz CT molecular complexity index is 562. The number of ether oxygens (including phenoxy) is 4. The van der Waals surface area contributed by atoms with E-state index in [1.165, 1.54) is 7.11 Å². The molecule has 3 rings (SSSR count). The van der Waals surface area contributed by atoms with Gasteiger partial charge in [0.1, 0.15) is 18.3 Å². The molecule has 4 unspecified atom stereocenters. The van der Waals surface area contributed by atoms with Crippen molar-refractivity contribution in [1.29, 1.82) is 0 Å². The van der Waals surface area contributed by atoms with Crippen molar-refractivity contribution in [3.05, 3.63) is 35.9 Å². The average Bonchev–Trinajstić information content (AvgIpc) is 2.63. The molecule has 0 saturated carbocycles. The molecule has 1 aromatic rings. The van der Waals surface area contributed by atoms with Crippen molar-refractivity contribution in [3.63, 3.8) is 0 Å². The van der Waals surface area contributed by atoms with Gasteiger partial charge >= 0.3 is 0 Å². The summed E-state index contributed by atoms with van der Waals surface area (Å²) in [6.45, 7) is 0.0927. The second kappa shape index (κ2) is 8.62. The van der Waals surface area contributed by atoms with Gasteiger partial charge in [-0.25, -0.2) is 9.68 Å². The Kier molecular flexibility index (Phi) is 6.46. The van der Waals surface area contributed by atoms with Crippen molar-refractivity contribution in [1.82, 2.24) is 10.8 Å². The summed E-state index contributed by atoms with van der Waals surface area (Å²) in [4.78, 5) is 9.72. The van der Waals surface area contributed by atoms with Crippen LogP contribution in [-0.4, -0.2) is 76.0 Å². The first-order valence-electron chi connectivity index (χ1n) is 7.69. The molecule has 0 spiro atoms. The van der Waals surface area contributed by atoms with Crippen molar-refractivity contribution in [2.24, 2.45) is 0 Å². The zero-order chi connectivity index (χ0) is 18.7. The maximum atomic E-state index is 9.09. The largest absolute Gasteiger partial charge is 0.353 e. The molecule has 0 aromatic heterocycles. The fraction of sp³-hybridized carbons (Fsp3) is 0.571. The Balaban J connectivity index is 1.84. The van der Waals surface area contributed by atoms with Gasteiger partial charge in [0.15, 0.2) is 18.7 Å². The molecule has 0 aliphatic carbocycles. The second-order valence-corrected chi connectivity index (χ2v) is 5.60. The van der Waals surface area contributed by atoms with Crippen molar-refractivity contribution < 1.29 is 49.5 Å². The summed E-state index contributed by atoms with van der Waals surface area (Å²) in [6, 6.07) is 9.05. The van der Waals surface area contributed by atoms with E-state index >= 15 is 0 Å². The molecule has 26 heavy (non-hydrogen) atoms. The van der Waals surface area contributed by atoms with E-state index in [9.17, 15) is 0 Å². The third-order valence-corrected chi connectivity index (χ3v) is 4.02. The van der Waals surface area contributed by atoms with Gasteiger partial charge in [-0.2, -0.15) is 0 Å². The molecule has 12 heteroatoms. The molecule has 6 atom stereocenters. The minimum absolute atomic E-state index is 0.0927. The van der Waals surface area contributed by atoms with E-state index in [4.69, 9.17) is 49.5 Å². The maximum absolute atomic E-state index is 9.09. The third kappa shape index (κ3) is 4.34. The van der Waals surface area contributed by atoms with Crippen molar-refractivity contribution >= 4 is 0 Å². The number of hydrogen-bond acceptors (Lipinski definition) is 12. The highest BCUT2D eigenvalue weighted by molar-refractivity contribution is 5.16. The topological polar surface area (TPSA) is 143 Å². The Labute approximate surface area is 147 Å². The van der Waals surface area contributed by atoms with E-state index in [0.29, 0.717) is 0 Å². The highest BCUT2D eigenvalue weighted by Crippen LogP contribution is 2.36. The summed E-state index contributed by atoms with van der Waals surface area (Å²) in [5.41, 5.74) is 0.729. The van der Waals surface area contributed by atoms with E-state index in [2.05, 4.69) is 0 Å². The third-order valence-electron chi connectivity index (χ3n) is 4.02. The van der Waals surface area contributed by atoms with Crippen molar-refractivity contribution in [2.75, 3.05) is 13.7 Å². The number of hydrogen-bond donors (Lipinski definition) is 4. The fourth-order valence-electron chi connectivity index (χ4n) is 2.97. The molecule has 4 N–H and O–H groups in total. The number of nitrogens with zero attached hydrogens (tertiary/aromatic N) is 2. The minimum Gasteiger partial charge on any atom is -0.353 e. The molecule has 2 heterocycles. The van der Waals surface area contributed by atoms with E-state index < -0.39 is 47.8 Å². The van der Waals surface area contributed by atoms with Gasteiger partial charge in [0.2, 0.25) is 0 Å². The van der Waals surface area contributed by atoms with Crippen LogP contribution in [0, 0.1) is 0 Å². The fourth-order valence-corrected chi connectivity index (χ4v) is 2.97. The quantitative estimate of drug-likeness (QED) is 0.505. The molecule has 1 aromatic carbocycles. The van der Waals surface area contributed by atoms with Gasteiger partial charge in [-0.3, -0.25) is 20.8 Å². The molecule has 0 radical (unpaired) electrons. The predicted octanol–water partition coefficient (Wildman–Crippen LogP) is 0.233. The molecule has 2 saturated heterocycles. The minimum atomic E-state index is -1.31. The molecule has 0 bridgehead atoms. The van der Waals surface area contributed by atoms with E-state index in [0.717, 1.165) is 5.56 Å². The number of fused-ring (bicyclic) bond motifs is 1. The zero-order valence-electron chi connectivity index (χ0n) is 13.7. The standard InChI is InChI=1S/C14H20N2O10/c1-21-14-12(26-16(19)20)11(25-15(17)18)10-9(23-14)7-22-13(24-10)8-5-3-2-4-6-8/h2-6,9-14,17-20H,7H2,1H3/t9?,10-,11?,12?,13?,14+/m1/s1. The van der Waals surface area contributed by atoms with Gasteiger partial charge in [0.25, 0.3) is 0 Å². The average molecular weight is 376 g/mol. The van der Waals surface area contributed by atoms with Crippen molar-refractivity contribution in [2.45, 2.75) is 37.0 Å². The van der Waals surface area contributed by atoms with Crippen LogP contribution >= 0.6 is 0 Å². The molecule has 2 fully saturated rings. The second-order valence-electron chi connectivity index (χ2n) is 5.60. The van der Waals surface area contributed by atoms with Crippen LogP contribution in [-0.2, 0) is 28.6 Å². The molecule has 2 aliphatic heterocycles. The molecule has 2 aliphatic rings. The van der Waals surface area contributed by atoms with Crippen LogP contribution in [0.3, 0.4) is 0 Å². The molecule has 12 nitrogen and oxygen atoms in total. The smallest absolute Gasteiger partial charge is 0.188 e. The highest BCUT2D eigenvalue weighted by Gasteiger charge is 2.53. The lowest BCUT2D eigenvalue weighted by Gasteiger charge is -2.47. The number of rotatable bonds is 6. The van der Waals surface area contributed by atoms with Crippen LogP contribution in [0.15, 0.2) is 30.3 Å². The predicted molar refractivity (Wildman–Crippen MR) is 76.2 cm³/mol. The van der Waals surface area contributed by atoms with Crippen LogP contribution in [0.5, 0.6) is 0 Å². The normalized spacial score (nSPS) is 34.9. The summed E-state index contributed by atoms with van der Waals surface area (Å²) in [5.74, 6) is 0. The van der Waals surface area contributed by atoms with Crippen LogP contribution in [0.25, 0.3) is 0 Å². The highest BCUT2D eigenvalue weighted by atomic mass is 17.1. The SMILES string of the molecule is CO[C@H]1OC2COC(c3ccccc3)O[C@H]2C(ON(O)O)C1ON(O)O. The first kappa shape index (κ1) is 19.5. The summed E-state index contributed by atoms with van der Waals surface area (Å²) >= 11 is 0. The van der Waals surface area contributed by atoms with Gasteiger partial charge in [0.05, 0.1) is 17.4 Å². The Morgan fingerprint density at radius 2 is 1.62 bits per heavy atom.